The lowest BCUT2D eigenvalue weighted by molar-refractivity contribution is -0.146. The molecule has 0 saturated carbocycles. The molecule has 0 aliphatic heterocycles. The lowest BCUT2D eigenvalue weighted by Gasteiger charge is -2.12. The number of anilines is 1. The molecule has 9 nitrogen and oxygen atoms in total. The SMILES string of the molecule is CCOC(=O)c1c(NC(=O)COC(=O)CNC(=O)c2ccco2)sc2c1CCCC2. The van der Waals surface area contributed by atoms with Crippen LogP contribution in [0.3, 0.4) is 0 Å². The van der Waals surface area contributed by atoms with Gasteiger partial charge in [-0.2, -0.15) is 0 Å². The van der Waals surface area contributed by atoms with Crippen LogP contribution in [0, 0.1) is 0 Å². The molecule has 2 amide bonds. The van der Waals surface area contributed by atoms with Crippen LogP contribution in [-0.4, -0.2) is 43.5 Å². The van der Waals surface area contributed by atoms with Crippen LogP contribution in [0.2, 0.25) is 0 Å². The van der Waals surface area contributed by atoms with E-state index in [1.165, 1.54) is 23.7 Å². The Morgan fingerprint density at radius 1 is 1.17 bits per heavy atom. The summed E-state index contributed by atoms with van der Waals surface area (Å²) >= 11 is 1.35. The fourth-order valence-corrected chi connectivity index (χ4v) is 4.37. The Morgan fingerprint density at radius 3 is 2.70 bits per heavy atom. The molecule has 2 aromatic heterocycles. The minimum Gasteiger partial charge on any atom is -0.462 e. The van der Waals surface area contributed by atoms with E-state index in [-0.39, 0.29) is 12.4 Å². The maximum Gasteiger partial charge on any atom is 0.341 e. The highest BCUT2D eigenvalue weighted by Gasteiger charge is 2.27. The normalized spacial score (nSPS) is 12.6. The molecule has 0 fully saturated rings. The van der Waals surface area contributed by atoms with Crippen LogP contribution in [0.25, 0.3) is 0 Å². The molecule has 2 heterocycles. The first-order valence-electron chi connectivity index (χ1n) is 9.58. The van der Waals surface area contributed by atoms with Crippen molar-refractivity contribution in [3.05, 3.63) is 40.2 Å². The summed E-state index contributed by atoms with van der Waals surface area (Å²) in [4.78, 5) is 49.2. The third-order valence-corrected chi connectivity index (χ3v) is 5.61. The van der Waals surface area contributed by atoms with Crippen LogP contribution in [0.1, 0.15) is 51.1 Å². The summed E-state index contributed by atoms with van der Waals surface area (Å²) < 4.78 is 14.9. The molecule has 1 aliphatic rings. The second kappa shape index (κ2) is 10.1. The van der Waals surface area contributed by atoms with Gasteiger partial charge >= 0.3 is 11.9 Å². The van der Waals surface area contributed by atoms with Crippen LogP contribution in [0.15, 0.2) is 22.8 Å². The molecular weight excluding hydrogens is 412 g/mol. The predicted octanol–water partition coefficient (Wildman–Crippen LogP) is 2.31. The highest BCUT2D eigenvalue weighted by Crippen LogP contribution is 2.38. The minimum atomic E-state index is -0.777. The van der Waals surface area contributed by atoms with Crippen LogP contribution in [0.4, 0.5) is 5.00 Å². The third-order valence-electron chi connectivity index (χ3n) is 4.41. The van der Waals surface area contributed by atoms with Crippen molar-refractivity contribution >= 4 is 40.1 Å². The molecule has 0 atom stereocenters. The van der Waals surface area contributed by atoms with E-state index in [0.29, 0.717) is 10.6 Å². The summed E-state index contributed by atoms with van der Waals surface area (Å²) in [6.07, 6.45) is 4.97. The Balaban J connectivity index is 1.54. The summed E-state index contributed by atoms with van der Waals surface area (Å²) in [5, 5.41) is 5.39. The molecule has 0 aromatic carbocycles. The van der Waals surface area contributed by atoms with Crippen molar-refractivity contribution in [1.29, 1.82) is 0 Å². The average Bonchev–Trinajstić information content (AvgIpc) is 3.38. The number of rotatable bonds is 8. The van der Waals surface area contributed by atoms with E-state index in [2.05, 4.69) is 10.6 Å². The Labute approximate surface area is 176 Å². The average molecular weight is 434 g/mol. The second-order valence-corrected chi connectivity index (χ2v) is 7.61. The number of hydrogen-bond acceptors (Lipinski definition) is 8. The van der Waals surface area contributed by atoms with E-state index in [9.17, 15) is 19.2 Å². The minimum absolute atomic E-state index is 0.0636. The standard InChI is InChI=1S/C20H22N2O7S/c1-2-27-20(26)17-12-6-3-4-8-14(12)30-19(17)22-15(23)11-29-16(24)10-21-18(25)13-7-5-9-28-13/h5,7,9H,2-4,6,8,10-11H2,1H3,(H,21,25)(H,22,23). The number of carbonyl (C=O) groups is 4. The third kappa shape index (κ3) is 5.26. The number of carbonyl (C=O) groups excluding carboxylic acids is 4. The zero-order valence-electron chi connectivity index (χ0n) is 16.4. The molecule has 0 radical (unpaired) electrons. The van der Waals surface area contributed by atoms with Gasteiger partial charge < -0.3 is 24.5 Å². The summed E-state index contributed by atoms with van der Waals surface area (Å²) in [5.74, 6) is -2.32. The quantitative estimate of drug-likeness (QED) is 0.611. The first-order chi connectivity index (χ1) is 14.5. The van der Waals surface area contributed by atoms with Gasteiger partial charge in [-0.15, -0.1) is 11.3 Å². The number of esters is 2. The molecule has 160 valence electrons. The zero-order chi connectivity index (χ0) is 21.5. The summed E-state index contributed by atoms with van der Waals surface area (Å²) in [5.41, 5.74) is 1.32. The number of amides is 2. The predicted molar refractivity (Wildman–Crippen MR) is 108 cm³/mol. The van der Waals surface area contributed by atoms with Gasteiger partial charge in [-0.1, -0.05) is 0 Å². The van der Waals surface area contributed by atoms with Crippen LogP contribution < -0.4 is 10.6 Å². The first kappa shape index (κ1) is 21.6. The molecule has 10 heteroatoms. The van der Waals surface area contributed by atoms with Crippen molar-refractivity contribution in [3.63, 3.8) is 0 Å². The topological polar surface area (TPSA) is 124 Å². The van der Waals surface area contributed by atoms with Gasteiger partial charge in [0.1, 0.15) is 11.5 Å². The fraction of sp³-hybridized carbons (Fsp3) is 0.400. The van der Waals surface area contributed by atoms with Gasteiger partial charge in [0.2, 0.25) is 0 Å². The number of fused-ring (bicyclic) bond motifs is 1. The zero-order valence-corrected chi connectivity index (χ0v) is 17.3. The van der Waals surface area contributed by atoms with E-state index < -0.39 is 36.9 Å². The molecule has 0 saturated heterocycles. The van der Waals surface area contributed by atoms with Gasteiger partial charge in [-0.25, -0.2) is 4.79 Å². The van der Waals surface area contributed by atoms with Crippen LogP contribution in [0.5, 0.6) is 0 Å². The molecule has 2 aromatic rings. The van der Waals surface area contributed by atoms with Crippen molar-refractivity contribution < 1.29 is 33.1 Å². The number of hydrogen-bond donors (Lipinski definition) is 2. The summed E-state index contributed by atoms with van der Waals surface area (Å²) in [6.45, 7) is 1.01. The largest absolute Gasteiger partial charge is 0.462 e. The molecule has 3 rings (SSSR count). The second-order valence-electron chi connectivity index (χ2n) is 6.50. The molecule has 0 bridgehead atoms. The maximum atomic E-state index is 12.4. The summed E-state index contributed by atoms with van der Waals surface area (Å²) in [6, 6.07) is 3.00. The van der Waals surface area contributed by atoms with Gasteiger partial charge in [-0.3, -0.25) is 14.4 Å². The van der Waals surface area contributed by atoms with Crippen LogP contribution in [-0.2, 0) is 31.9 Å². The number of thiophene rings is 1. The maximum absolute atomic E-state index is 12.4. The van der Waals surface area contributed by atoms with Crippen molar-refractivity contribution in [2.45, 2.75) is 32.6 Å². The molecule has 0 spiro atoms. The van der Waals surface area contributed by atoms with Crippen molar-refractivity contribution in [1.82, 2.24) is 5.32 Å². The summed E-state index contributed by atoms with van der Waals surface area (Å²) in [7, 11) is 0. The molecule has 0 unspecified atom stereocenters. The first-order valence-corrected chi connectivity index (χ1v) is 10.4. The van der Waals surface area contributed by atoms with E-state index in [4.69, 9.17) is 13.9 Å². The lowest BCUT2D eigenvalue weighted by atomic mass is 9.95. The molecule has 1 aliphatic carbocycles. The number of aryl methyl sites for hydroxylation is 1. The number of furan rings is 1. The Kier molecular flexibility index (Phi) is 7.23. The molecule has 30 heavy (non-hydrogen) atoms. The highest BCUT2D eigenvalue weighted by atomic mass is 32.1. The van der Waals surface area contributed by atoms with Gasteiger partial charge in [0.05, 0.1) is 18.4 Å². The number of nitrogens with one attached hydrogen (secondary N) is 2. The Morgan fingerprint density at radius 2 is 1.97 bits per heavy atom. The van der Waals surface area contributed by atoms with E-state index in [1.54, 1.807) is 13.0 Å². The fourth-order valence-electron chi connectivity index (χ4n) is 3.08. The Bertz CT molecular complexity index is 933. The Hall–Kier alpha value is -3.14. The van der Waals surface area contributed by atoms with E-state index in [1.807, 2.05) is 0 Å². The lowest BCUT2D eigenvalue weighted by Crippen LogP contribution is -2.32. The van der Waals surface area contributed by atoms with Gasteiger partial charge in [0.15, 0.2) is 12.4 Å². The van der Waals surface area contributed by atoms with Crippen molar-refractivity contribution in [3.8, 4) is 0 Å². The van der Waals surface area contributed by atoms with Crippen LogP contribution >= 0.6 is 11.3 Å². The monoisotopic (exact) mass is 434 g/mol. The molecule has 2 N–H and O–H groups in total. The van der Waals surface area contributed by atoms with Gasteiger partial charge in [-0.05, 0) is 50.3 Å². The van der Waals surface area contributed by atoms with Crippen molar-refractivity contribution in [2.75, 3.05) is 25.1 Å². The van der Waals surface area contributed by atoms with Gasteiger partial charge in [0, 0.05) is 4.88 Å². The van der Waals surface area contributed by atoms with E-state index >= 15 is 0 Å². The number of ether oxygens (including phenoxy) is 2. The highest BCUT2D eigenvalue weighted by molar-refractivity contribution is 7.17. The van der Waals surface area contributed by atoms with E-state index in [0.717, 1.165) is 36.1 Å². The smallest absolute Gasteiger partial charge is 0.341 e. The van der Waals surface area contributed by atoms with Gasteiger partial charge in [0.25, 0.3) is 11.8 Å². The van der Waals surface area contributed by atoms with Crippen molar-refractivity contribution in [2.24, 2.45) is 0 Å². The molecular formula is C20H22N2O7S.